The maximum absolute atomic E-state index is 11.9. The predicted molar refractivity (Wildman–Crippen MR) is 75.1 cm³/mol. The molecule has 0 heterocycles. The maximum Gasteiger partial charge on any atom is 0.342 e. The Hall–Kier alpha value is -2.49. The minimum Gasteiger partial charge on any atom is -0.507 e. The fourth-order valence-corrected chi connectivity index (χ4v) is 1.79. The third kappa shape index (κ3) is 3.51. The highest BCUT2D eigenvalue weighted by atomic mass is 16.5. The lowest BCUT2D eigenvalue weighted by Gasteiger charge is -2.08. The molecule has 0 bridgehead atoms. The van der Waals surface area contributed by atoms with E-state index in [1.54, 1.807) is 6.07 Å². The lowest BCUT2D eigenvalue weighted by Crippen LogP contribution is -2.08. The van der Waals surface area contributed by atoms with Crippen LogP contribution < -0.4 is 4.74 Å². The summed E-state index contributed by atoms with van der Waals surface area (Å²) in [6.07, 6.45) is 0.636. The molecular formula is C16H16O4. The summed E-state index contributed by atoms with van der Waals surface area (Å²) in [5.41, 5.74) is 1.20. The molecule has 0 aliphatic carbocycles. The molecule has 4 heteroatoms. The van der Waals surface area contributed by atoms with Crippen LogP contribution in [-0.2, 0) is 11.2 Å². The lowest BCUT2D eigenvalue weighted by molar-refractivity contribution is 0.0505. The Bertz CT molecular complexity index is 578. The Balaban J connectivity index is 1.95. The summed E-state index contributed by atoms with van der Waals surface area (Å²) in [7, 11) is 1.50. The standard InChI is InChI=1S/C16H16O4/c1-19-13-7-8-15(17)14(11-13)16(18)20-10-9-12-5-3-2-4-6-12/h2-8,11,17H,9-10H2,1H3. The number of phenolic OH excluding ortho intramolecular Hbond substituents is 1. The first-order valence-electron chi connectivity index (χ1n) is 6.29. The molecule has 0 unspecified atom stereocenters. The third-order valence-corrected chi connectivity index (χ3v) is 2.89. The molecule has 0 saturated heterocycles. The summed E-state index contributed by atoms with van der Waals surface area (Å²) in [5.74, 6) is -0.175. The predicted octanol–water partition coefficient (Wildman–Crippen LogP) is 2.80. The Kier molecular flexibility index (Phi) is 4.60. The first-order valence-corrected chi connectivity index (χ1v) is 6.29. The van der Waals surface area contributed by atoms with Crippen molar-refractivity contribution >= 4 is 5.97 Å². The van der Waals surface area contributed by atoms with E-state index in [2.05, 4.69) is 0 Å². The monoisotopic (exact) mass is 272 g/mol. The van der Waals surface area contributed by atoms with Crippen LogP contribution in [0, 0.1) is 0 Å². The van der Waals surface area contributed by atoms with Crippen molar-refractivity contribution in [2.24, 2.45) is 0 Å². The molecule has 0 fully saturated rings. The summed E-state index contributed by atoms with van der Waals surface area (Å²) in [4.78, 5) is 11.9. The second-order valence-electron chi connectivity index (χ2n) is 4.25. The van der Waals surface area contributed by atoms with Crippen LogP contribution in [0.15, 0.2) is 48.5 Å². The van der Waals surface area contributed by atoms with Gasteiger partial charge in [0.2, 0.25) is 0 Å². The van der Waals surface area contributed by atoms with Gasteiger partial charge >= 0.3 is 5.97 Å². The van der Waals surface area contributed by atoms with E-state index < -0.39 is 5.97 Å². The number of phenols is 1. The van der Waals surface area contributed by atoms with Crippen LogP contribution >= 0.6 is 0 Å². The highest BCUT2D eigenvalue weighted by Crippen LogP contribution is 2.23. The van der Waals surface area contributed by atoms with Crippen molar-refractivity contribution in [3.05, 3.63) is 59.7 Å². The number of aromatic hydroxyl groups is 1. The van der Waals surface area contributed by atoms with Gasteiger partial charge in [-0.1, -0.05) is 30.3 Å². The van der Waals surface area contributed by atoms with Crippen molar-refractivity contribution in [3.63, 3.8) is 0 Å². The molecule has 0 aliphatic rings. The molecule has 1 N–H and O–H groups in total. The smallest absolute Gasteiger partial charge is 0.342 e. The van der Waals surface area contributed by atoms with Crippen LogP contribution in [0.2, 0.25) is 0 Å². The van der Waals surface area contributed by atoms with Gasteiger partial charge in [0, 0.05) is 6.42 Å². The minimum atomic E-state index is -0.558. The minimum absolute atomic E-state index is 0.109. The number of ether oxygens (including phenoxy) is 2. The number of benzene rings is 2. The van der Waals surface area contributed by atoms with Crippen LogP contribution in [0.3, 0.4) is 0 Å². The van der Waals surface area contributed by atoms with Gasteiger partial charge in [0.15, 0.2) is 0 Å². The van der Waals surface area contributed by atoms with Crippen LogP contribution in [0.4, 0.5) is 0 Å². The van der Waals surface area contributed by atoms with Crippen molar-refractivity contribution in [1.29, 1.82) is 0 Å². The quantitative estimate of drug-likeness (QED) is 0.850. The Morgan fingerprint density at radius 2 is 1.90 bits per heavy atom. The molecular weight excluding hydrogens is 256 g/mol. The fourth-order valence-electron chi connectivity index (χ4n) is 1.79. The van der Waals surface area contributed by atoms with Crippen molar-refractivity contribution in [2.45, 2.75) is 6.42 Å². The number of esters is 1. The molecule has 0 aromatic heterocycles. The van der Waals surface area contributed by atoms with Crippen molar-refractivity contribution < 1.29 is 19.4 Å². The third-order valence-electron chi connectivity index (χ3n) is 2.89. The van der Waals surface area contributed by atoms with Gasteiger partial charge in [-0.3, -0.25) is 0 Å². The van der Waals surface area contributed by atoms with E-state index in [0.717, 1.165) is 5.56 Å². The van der Waals surface area contributed by atoms with Gasteiger partial charge in [0.05, 0.1) is 13.7 Å². The van der Waals surface area contributed by atoms with Crippen molar-refractivity contribution in [2.75, 3.05) is 13.7 Å². The van der Waals surface area contributed by atoms with E-state index >= 15 is 0 Å². The van der Waals surface area contributed by atoms with Crippen LogP contribution in [0.5, 0.6) is 11.5 Å². The molecule has 2 rings (SSSR count). The van der Waals surface area contributed by atoms with Gasteiger partial charge in [-0.05, 0) is 23.8 Å². The van der Waals surface area contributed by atoms with E-state index in [1.165, 1.54) is 19.2 Å². The van der Waals surface area contributed by atoms with Crippen molar-refractivity contribution in [3.8, 4) is 11.5 Å². The van der Waals surface area contributed by atoms with Crippen LogP contribution in [0.1, 0.15) is 15.9 Å². The Labute approximate surface area is 117 Å². The molecule has 104 valence electrons. The average molecular weight is 272 g/mol. The first-order chi connectivity index (χ1) is 9.70. The van der Waals surface area contributed by atoms with Gasteiger partial charge in [-0.25, -0.2) is 4.79 Å². The van der Waals surface area contributed by atoms with Gasteiger partial charge < -0.3 is 14.6 Å². The molecule has 2 aromatic carbocycles. The Morgan fingerprint density at radius 1 is 1.15 bits per heavy atom. The average Bonchev–Trinajstić information content (AvgIpc) is 2.48. The topological polar surface area (TPSA) is 55.8 Å². The van der Waals surface area contributed by atoms with E-state index in [0.29, 0.717) is 12.2 Å². The molecule has 0 spiro atoms. The van der Waals surface area contributed by atoms with E-state index in [9.17, 15) is 9.90 Å². The number of methoxy groups -OCH3 is 1. The highest BCUT2D eigenvalue weighted by molar-refractivity contribution is 5.92. The summed E-state index contributed by atoms with van der Waals surface area (Å²) in [6.45, 7) is 0.263. The van der Waals surface area contributed by atoms with Crippen LogP contribution in [-0.4, -0.2) is 24.8 Å². The molecule has 4 nitrogen and oxygen atoms in total. The molecule has 0 radical (unpaired) electrons. The van der Waals surface area contributed by atoms with E-state index in [4.69, 9.17) is 9.47 Å². The van der Waals surface area contributed by atoms with Crippen molar-refractivity contribution in [1.82, 2.24) is 0 Å². The SMILES string of the molecule is COc1ccc(O)c(C(=O)OCCc2ccccc2)c1. The zero-order chi connectivity index (χ0) is 14.4. The summed E-state index contributed by atoms with van der Waals surface area (Å²) >= 11 is 0. The van der Waals surface area contributed by atoms with E-state index in [-0.39, 0.29) is 17.9 Å². The number of hydrogen-bond donors (Lipinski definition) is 1. The zero-order valence-corrected chi connectivity index (χ0v) is 11.2. The molecule has 0 amide bonds. The second-order valence-corrected chi connectivity index (χ2v) is 4.25. The Morgan fingerprint density at radius 3 is 2.60 bits per heavy atom. The molecule has 0 aliphatic heterocycles. The first kappa shape index (κ1) is 13.9. The lowest BCUT2D eigenvalue weighted by atomic mass is 10.1. The maximum atomic E-state index is 11.9. The number of carbonyl (C=O) groups is 1. The molecule has 20 heavy (non-hydrogen) atoms. The largest absolute Gasteiger partial charge is 0.507 e. The highest BCUT2D eigenvalue weighted by Gasteiger charge is 2.13. The van der Waals surface area contributed by atoms with Gasteiger partial charge in [0.25, 0.3) is 0 Å². The molecule has 0 saturated carbocycles. The number of hydrogen-bond acceptors (Lipinski definition) is 4. The number of rotatable bonds is 5. The fraction of sp³-hybridized carbons (Fsp3) is 0.188. The summed E-state index contributed by atoms with van der Waals surface area (Å²) in [5, 5.41) is 9.66. The van der Waals surface area contributed by atoms with Gasteiger partial charge in [0.1, 0.15) is 17.1 Å². The second kappa shape index (κ2) is 6.61. The van der Waals surface area contributed by atoms with Gasteiger partial charge in [-0.2, -0.15) is 0 Å². The summed E-state index contributed by atoms with van der Waals surface area (Å²) < 4.78 is 10.2. The summed E-state index contributed by atoms with van der Waals surface area (Å²) in [6, 6.07) is 14.2. The van der Waals surface area contributed by atoms with Crippen LogP contribution in [0.25, 0.3) is 0 Å². The molecule has 2 aromatic rings. The molecule has 0 atom stereocenters. The van der Waals surface area contributed by atoms with E-state index in [1.807, 2.05) is 30.3 Å². The number of carbonyl (C=O) groups excluding carboxylic acids is 1. The van der Waals surface area contributed by atoms with Gasteiger partial charge in [-0.15, -0.1) is 0 Å². The normalized spacial score (nSPS) is 10.1. The zero-order valence-electron chi connectivity index (χ0n) is 11.2.